The van der Waals surface area contributed by atoms with Gasteiger partial charge in [0.05, 0.1) is 6.61 Å². The zero-order valence-electron chi connectivity index (χ0n) is 17.4. The zero-order valence-corrected chi connectivity index (χ0v) is 17.4. The molecule has 2 aromatic heterocycles. The van der Waals surface area contributed by atoms with Gasteiger partial charge in [0.1, 0.15) is 22.5 Å². The Bertz CT molecular complexity index is 1160. The summed E-state index contributed by atoms with van der Waals surface area (Å²) in [7, 11) is 0. The third-order valence-corrected chi connectivity index (χ3v) is 5.18. The molecule has 0 amide bonds. The van der Waals surface area contributed by atoms with E-state index in [0.717, 1.165) is 34.3 Å². The van der Waals surface area contributed by atoms with E-state index < -0.39 is 0 Å². The van der Waals surface area contributed by atoms with Crippen LogP contribution in [0.25, 0.3) is 16.7 Å². The standard InChI is InChI=1S/C23H27N3O3/c1-15(2)22(28)29-12-8-9-16-13-17(23(3,4)5)21(27)20(14-16)26-24-18-10-6-7-11-19(18)25(24)26/h6-7,10-11,13-14,27H,1,8-9,12H2,2-5H3. The number of para-hydroxylation sites is 2. The maximum absolute atomic E-state index is 11.6. The molecule has 1 N–H and O–H groups in total. The van der Waals surface area contributed by atoms with Gasteiger partial charge in [-0.15, -0.1) is 14.1 Å². The Hall–Kier alpha value is -3.15. The first kappa shape index (κ1) is 19.2. The average molecular weight is 393 g/mol. The second-order valence-electron chi connectivity index (χ2n) is 8.64. The van der Waals surface area contributed by atoms with Crippen LogP contribution in [0.4, 0.5) is 0 Å². The second kappa shape index (κ2) is 6.72. The van der Waals surface area contributed by atoms with E-state index in [1.807, 2.05) is 32.3 Å². The average Bonchev–Trinajstić information content (AvgIpc) is 3.31. The summed E-state index contributed by atoms with van der Waals surface area (Å²) >= 11 is 0. The molecule has 0 spiro atoms. The molecule has 0 saturated heterocycles. The first-order chi connectivity index (χ1) is 13.7. The minimum absolute atomic E-state index is 0.201. The molecule has 0 unspecified atom stereocenters. The van der Waals surface area contributed by atoms with Gasteiger partial charge >= 0.3 is 5.97 Å². The Morgan fingerprint density at radius 2 is 1.76 bits per heavy atom. The van der Waals surface area contributed by atoms with Crippen LogP contribution in [-0.4, -0.2) is 31.7 Å². The molecule has 6 heteroatoms. The normalized spacial score (nSPS) is 12.3. The van der Waals surface area contributed by atoms with E-state index in [2.05, 4.69) is 45.5 Å². The molecule has 152 valence electrons. The number of rotatable bonds is 6. The van der Waals surface area contributed by atoms with E-state index in [1.165, 1.54) is 0 Å². The summed E-state index contributed by atoms with van der Waals surface area (Å²) in [5.41, 5.74) is 5.23. The number of aryl methyl sites for hydroxylation is 1. The molecule has 0 saturated carbocycles. The van der Waals surface area contributed by atoms with Gasteiger partial charge < -0.3 is 9.84 Å². The molecule has 0 fully saturated rings. The van der Waals surface area contributed by atoms with Crippen LogP contribution in [0.5, 0.6) is 5.75 Å². The van der Waals surface area contributed by atoms with E-state index in [-0.39, 0.29) is 11.4 Å². The van der Waals surface area contributed by atoms with Gasteiger partial charge in [0.25, 0.3) is 0 Å². The highest BCUT2D eigenvalue weighted by Crippen LogP contribution is 2.39. The van der Waals surface area contributed by atoms with E-state index >= 15 is 0 Å². The number of nitrogens with zero attached hydrogens (tertiary/aromatic N) is 3. The van der Waals surface area contributed by atoms with Crippen molar-refractivity contribution in [3.63, 3.8) is 0 Å². The lowest BCUT2D eigenvalue weighted by Gasteiger charge is -2.22. The number of hydrogen-bond donors (Lipinski definition) is 1. The van der Waals surface area contributed by atoms with E-state index in [4.69, 9.17) is 4.74 Å². The Kier molecular flexibility index (Phi) is 4.45. The molecule has 0 atom stereocenters. The predicted molar refractivity (Wildman–Crippen MR) is 113 cm³/mol. The van der Waals surface area contributed by atoms with Crippen LogP contribution in [0.2, 0.25) is 0 Å². The lowest BCUT2D eigenvalue weighted by molar-refractivity contribution is -0.139. The van der Waals surface area contributed by atoms with Gasteiger partial charge in [-0.1, -0.05) is 45.5 Å². The minimum Gasteiger partial charge on any atom is -0.505 e. The molecule has 0 aliphatic carbocycles. The number of carbonyl (C=O) groups excluding carboxylic acids is 1. The first-order valence-corrected chi connectivity index (χ1v) is 9.88. The largest absolute Gasteiger partial charge is 0.505 e. The van der Waals surface area contributed by atoms with Crippen LogP contribution in [0.1, 0.15) is 45.2 Å². The number of fused-ring (bicyclic) bond motifs is 4. The van der Waals surface area contributed by atoms with E-state index in [9.17, 15) is 9.90 Å². The Balaban J connectivity index is 1.64. The molecule has 2 heterocycles. The fraction of sp³-hybridized carbons (Fsp3) is 0.348. The molecule has 0 radical (unpaired) electrons. The van der Waals surface area contributed by atoms with Gasteiger partial charge in [0.2, 0.25) is 0 Å². The van der Waals surface area contributed by atoms with Crippen LogP contribution in [-0.2, 0) is 21.4 Å². The summed E-state index contributed by atoms with van der Waals surface area (Å²) in [6.07, 6.45) is 1.46. The van der Waals surface area contributed by atoms with Crippen LogP contribution in [0.15, 0.2) is 48.6 Å². The third kappa shape index (κ3) is 3.28. The van der Waals surface area contributed by atoms with Gasteiger partial charge in [-0.05, 0) is 48.9 Å². The summed E-state index contributed by atoms with van der Waals surface area (Å²) in [6.45, 7) is 11.9. The maximum Gasteiger partial charge on any atom is 0.333 e. The maximum atomic E-state index is 11.6. The SMILES string of the molecule is C=C(C)C(=O)OCCCc1cc(-n2n3c4ccccc4n23)c(O)c(C(C)(C)C)c1. The van der Waals surface area contributed by atoms with Crippen molar-refractivity contribution in [1.82, 2.24) is 14.1 Å². The number of aromatic nitrogens is 3. The van der Waals surface area contributed by atoms with Crippen LogP contribution in [0.3, 0.4) is 0 Å². The molecular weight excluding hydrogens is 366 g/mol. The molecule has 2 aromatic carbocycles. The van der Waals surface area contributed by atoms with Gasteiger partial charge in [0.15, 0.2) is 0 Å². The van der Waals surface area contributed by atoms with Crippen LogP contribution in [0, 0.1) is 0 Å². The number of benzene rings is 2. The molecule has 0 aliphatic heterocycles. The highest BCUT2D eigenvalue weighted by atomic mass is 16.5. The van der Waals surface area contributed by atoms with Crippen molar-refractivity contribution in [2.75, 3.05) is 6.61 Å². The first-order valence-electron chi connectivity index (χ1n) is 9.88. The van der Waals surface area contributed by atoms with Gasteiger partial charge in [-0.25, -0.2) is 4.79 Å². The number of aromatic hydroxyl groups is 1. The second-order valence-corrected chi connectivity index (χ2v) is 8.64. The number of esters is 1. The number of ether oxygens (including phenoxy) is 1. The lowest BCUT2D eigenvalue weighted by atomic mass is 9.84. The molecule has 29 heavy (non-hydrogen) atoms. The molecule has 4 rings (SSSR count). The third-order valence-electron chi connectivity index (χ3n) is 5.18. The van der Waals surface area contributed by atoms with Crippen molar-refractivity contribution in [3.8, 4) is 11.4 Å². The Morgan fingerprint density at radius 1 is 1.14 bits per heavy atom. The highest BCUT2D eigenvalue weighted by Gasteiger charge is 2.29. The Morgan fingerprint density at radius 3 is 2.31 bits per heavy atom. The monoisotopic (exact) mass is 393 g/mol. The molecule has 4 aromatic rings. The molecular formula is C23H27N3O3. The summed E-state index contributed by atoms with van der Waals surface area (Å²) in [4.78, 5) is 13.5. The fourth-order valence-electron chi connectivity index (χ4n) is 3.61. The number of phenolic OH excluding ortho intramolecular Hbond substituents is 1. The number of carbonyl (C=O) groups is 1. The molecule has 0 bridgehead atoms. The van der Waals surface area contributed by atoms with Crippen molar-refractivity contribution in [1.29, 1.82) is 0 Å². The molecule has 6 nitrogen and oxygen atoms in total. The lowest BCUT2D eigenvalue weighted by Crippen LogP contribution is -2.13. The summed E-state index contributed by atoms with van der Waals surface area (Å²) in [5.74, 6) is -0.0546. The summed E-state index contributed by atoms with van der Waals surface area (Å²) in [6, 6.07) is 12.2. The van der Waals surface area contributed by atoms with Crippen molar-refractivity contribution in [2.45, 2.75) is 46.0 Å². The number of phenols is 1. The minimum atomic E-state index is -0.356. The van der Waals surface area contributed by atoms with Gasteiger partial charge in [-0.2, -0.15) is 0 Å². The van der Waals surface area contributed by atoms with Crippen molar-refractivity contribution in [2.24, 2.45) is 0 Å². The van der Waals surface area contributed by atoms with Crippen LogP contribution >= 0.6 is 0 Å². The zero-order chi connectivity index (χ0) is 20.9. The predicted octanol–water partition coefficient (Wildman–Crippen LogP) is 4.48. The highest BCUT2D eigenvalue weighted by molar-refractivity contribution is 5.86. The number of hydrogen-bond acceptors (Lipinski definition) is 3. The molecule has 0 aliphatic rings. The fourth-order valence-corrected chi connectivity index (χ4v) is 3.61. The van der Waals surface area contributed by atoms with E-state index in [1.54, 1.807) is 6.92 Å². The van der Waals surface area contributed by atoms with Crippen LogP contribution < -0.4 is 0 Å². The quantitative estimate of drug-likeness (QED) is 0.299. The topological polar surface area (TPSA) is 60.3 Å². The van der Waals surface area contributed by atoms with Crippen molar-refractivity contribution < 1.29 is 14.6 Å². The summed E-state index contributed by atoms with van der Waals surface area (Å²) < 4.78 is 9.28. The van der Waals surface area contributed by atoms with Crippen molar-refractivity contribution in [3.05, 3.63) is 59.7 Å². The van der Waals surface area contributed by atoms with E-state index in [0.29, 0.717) is 24.4 Å². The van der Waals surface area contributed by atoms with Gasteiger partial charge in [-0.3, -0.25) is 0 Å². The summed E-state index contributed by atoms with van der Waals surface area (Å²) in [5, 5.41) is 11.0. The Labute approximate surface area is 169 Å². The van der Waals surface area contributed by atoms with Gasteiger partial charge in [0, 0.05) is 11.1 Å². The smallest absolute Gasteiger partial charge is 0.333 e. The van der Waals surface area contributed by atoms with Crippen molar-refractivity contribution >= 4 is 17.0 Å².